The van der Waals surface area contributed by atoms with E-state index in [4.69, 9.17) is 9.72 Å². The number of halogens is 2. The summed E-state index contributed by atoms with van der Waals surface area (Å²) in [5.41, 5.74) is 4.58. The summed E-state index contributed by atoms with van der Waals surface area (Å²) in [6.07, 6.45) is 1.83. The maximum absolute atomic E-state index is 13.8. The highest BCUT2D eigenvalue weighted by molar-refractivity contribution is 5.82. The average Bonchev–Trinajstić information content (AvgIpc) is 3.36. The topological polar surface area (TPSA) is 57.7 Å². The molecule has 6 nitrogen and oxygen atoms in total. The van der Waals surface area contributed by atoms with E-state index in [-0.39, 0.29) is 6.54 Å². The number of benzene rings is 4. The van der Waals surface area contributed by atoms with Crippen molar-refractivity contribution in [1.82, 2.24) is 15.2 Å². The summed E-state index contributed by atoms with van der Waals surface area (Å²) in [4.78, 5) is 23.1. The second-order valence-corrected chi connectivity index (χ2v) is 12.1. The molecule has 0 atom stereocenters. The largest absolute Gasteiger partial charge is 0.433 e. The zero-order valence-electron chi connectivity index (χ0n) is 25.6. The van der Waals surface area contributed by atoms with Crippen LogP contribution >= 0.6 is 0 Å². The molecule has 1 amide bonds. The summed E-state index contributed by atoms with van der Waals surface area (Å²) in [7, 11) is 0. The minimum absolute atomic E-state index is 0.0239. The van der Waals surface area contributed by atoms with Crippen molar-refractivity contribution in [3.63, 3.8) is 0 Å². The van der Waals surface area contributed by atoms with Crippen LogP contribution in [-0.2, 0) is 16.9 Å². The highest BCUT2D eigenvalue weighted by Gasteiger charge is 2.46. The van der Waals surface area contributed by atoms with Crippen LogP contribution in [0.15, 0.2) is 103 Å². The monoisotopic (exact) mass is 618 g/mol. The fourth-order valence-electron chi connectivity index (χ4n) is 6.88. The number of ether oxygens (including phenoxy) is 1. The molecule has 0 spiro atoms. The second-order valence-electron chi connectivity index (χ2n) is 12.1. The molecule has 0 bridgehead atoms. The minimum Gasteiger partial charge on any atom is -0.433 e. The molecule has 8 heteroatoms. The average molecular weight is 619 g/mol. The molecule has 1 saturated heterocycles. The lowest BCUT2D eigenvalue weighted by atomic mass is 9.86. The van der Waals surface area contributed by atoms with Crippen LogP contribution < -0.4 is 10.2 Å². The number of hydrogen-bond donors (Lipinski definition) is 1. The number of amides is 1. The molecule has 0 radical (unpaired) electrons. The Morgan fingerprint density at radius 3 is 2.22 bits per heavy atom. The van der Waals surface area contributed by atoms with Crippen LogP contribution in [0.1, 0.15) is 36.0 Å². The number of carbonyl (C=O) groups is 1. The number of nitrogens with zero attached hydrogens (tertiary/aromatic N) is 3. The van der Waals surface area contributed by atoms with Gasteiger partial charge in [-0.05, 0) is 72.8 Å². The summed E-state index contributed by atoms with van der Waals surface area (Å²) >= 11 is 0. The molecule has 1 aliphatic heterocycles. The van der Waals surface area contributed by atoms with Gasteiger partial charge in [0.1, 0.15) is 5.82 Å². The van der Waals surface area contributed by atoms with E-state index in [2.05, 4.69) is 51.5 Å². The Morgan fingerprint density at radius 2 is 1.48 bits per heavy atom. The van der Waals surface area contributed by atoms with Crippen molar-refractivity contribution in [3.8, 4) is 11.1 Å². The molecule has 2 aliphatic rings. The number of alkyl carbamates (subject to hydrolysis) is 1. The smallest absolute Gasteiger partial charge is 0.408 e. The van der Waals surface area contributed by atoms with Crippen molar-refractivity contribution in [1.29, 1.82) is 0 Å². The van der Waals surface area contributed by atoms with Crippen molar-refractivity contribution < 1.29 is 18.3 Å². The molecule has 46 heavy (non-hydrogen) atoms. The van der Waals surface area contributed by atoms with Crippen LogP contribution in [0, 0.1) is 11.6 Å². The third kappa shape index (κ3) is 5.93. The van der Waals surface area contributed by atoms with Gasteiger partial charge in [-0.2, -0.15) is 0 Å². The summed E-state index contributed by atoms with van der Waals surface area (Å²) < 4.78 is 33.5. The van der Waals surface area contributed by atoms with Gasteiger partial charge in [0.05, 0.1) is 5.52 Å². The third-order valence-corrected chi connectivity index (χ3v) is 9.24. The van der Waals surface area contributed by atoms with Crippen molar-refractivity contribution >= 4 is 22.8 Å². The summed E-state index contributed by atoms with van der Waals surface area (Å²) in [5, 5.41) is 3.91. The fraction of sp³-hybridized carbons (Fsp3) is 0.263. The van der Waals surface area contributed by atoms with Crippen LogP contribution in [0.25, 0.3) is 22.0 Å². The number of carbonyl (C=O) groups excluding carboxylic acids is 1. The van der Waals surface area contributed by atoms with Crippen LogP contribution in [0.3, 0.4) is 0 Å². The molecular formula is C38H36F2N4O2. The lowest BCUT2D eigenvalue weighted by Crippen LogP contribution is -2.47. The number of anilines is 1. The fourth-order valence-corrected chi connectivity index (χ4v) is 6.88. The van der Waals surface area contributed by atoms with E-state index in [9.17, 15) is 13.6 Å². The highest BCUT2D eigenvalue weighted by Crippen LogP contribution is 2.52. The van der Waals surface area contributed by atoms with Gasteiger partial charge in [0, 0.05) is 49.2 Å². The molecule has 0 saturated carbocycles. The van der Waals surface area contributed by atoms with E-state index >= 15 is 0 Å². The van der Waals surface area contributed by atoms with Gasteiger partial charge < -0.3 is 15.0 Å². The van der Waals surface area contributed by atoms with Gasteiger partial charge in [0.15, 0.2) is 17.2 Å². The summed E-state index contributed by atoms with van der Waals surface area (Å²) in [6.45, 7) is 4.77. The molecule has 1 aliphatic carbocycles. The lowest BCUT2D eigenvalue weighted by molar-refractivity contribution is 0.0325. The normalized spacial score (nSPS) is 15.4. The first kappa shape index (κ1) is 29.9. The maximum atomic E-state index is 13.8. The Labute approximate surface area is 267 Å². The van der Waals surface area contributed by atoms with E-state index in [0.717, 1.165) is 96.7 Å². The predicted molar refractivity (Wildman–Crippen MR) is 177 cm³/mol. The van der Waals surface area contributed by atoms with E-state index in [0.29, 0.717) is 12.0 Å². The van der Waals surface area contributed by atoms with E-state index in [1.54, 1.807) is 0 Å². The zero-order chi connectivity index (χ0) is 31.5. The Hall–Kier alpha value is -4.82. The lowest BCUT2D eigenvalue weighted by Gasteiger charge is -2.36. The molecule has 4 aromatic carbocycles. The molecule has 1 aromatic heterocycles. The number of para-hydroxylation sites is 1. The Balaban J connectivity index is 1.01. The molecule has 1 fully saturated rings. The zero-order valence-corrected chi connectivity index (χ0v) is 25.6. The van der Waals surface area contributed by atoms with Crippen LogP contribution in [-0.4, -0.2) is 48.7 Å². The molecule has 0 unspecified atom stereocenters. The number of fused-ring (bicyclic) bond motifs is 4. The van der Waals surface area contributed by atoms with E-state index in [1.165, 1.54) is 6.07 Å². The molecule has 234 valence electrons. The van der Waals surface area contributed by atoms with E-state index < -0.39 is 23.3 Å². The Kier molecular flexibility index (Phi) is 8.37. The van der Waals surface area contributed by atoms with Crippen molar-refractivity contribution in [2.24, 2.45) is 0 Å². The van der Waals surface area contributed by atoms with Gasteiger partial charge in [0.2, 0.25) is 0 Å². The van der Waals surface area contributed by atoms with Gasteiger partial charge in [-0.15, -0.1) is 0 Å². The quantitative estimate of drug-likeness (QED) is 0.172. The van der Waals surface area contributed by atoms with E-state index in [1.807, 2.05) is 48.5 Å². The number of pyridine rings is 1. The molecule has 7 rings (SSSR count). The van der Waals surface area contributed by atoms with Gasteiger partial charge in [-0.25, -0.2) is 18.6 Å². The number of hydrogen-bond acceptors (Lipinski definition) is 5. The standard InChI is InChI=1S/C38H36F2N4O2/c39-33-17-15-27(25-34(33)40)26-41-37(45)46-38(31-12-4-2-10-29(31)30-11-3-5-13-32(30)38)19-7-8-20-43-21-23-44(24-22-43)36-18-16-28-9-1-6-14-35(28)42-36/h1-6,9-18,25H,7-8,19-24,26H2,(H,41,45). The molecule has 2 heterocycles. The minimum atomic E-state index is -0.953. The van der Waals surface area contributed by atoms with Gasteiger partial charge >= 0.3 is 6.09 Å². The highest BCUT2D eigenvalue weighted by atomic mass is 19.2. The van der Waals surface area contributed by atoms with Gasteiger partial charge in [-0.1, -0.05) is 72.8 Å². The van der Waals surface area contributed by atoms with Crippen molar-refractivity contribution in [3.05, 3.63) is 131 Å². The Bertz CT molecular complexity index is 1830. The number of aromatic nitrogens is 1. The maximum Gasteiger partial charge on any atom is 0.408 e. The second kappa shape index (κ2) is 12.9. The SMILES string of the molecule is O=C(NCc1ccc(F)c(F)c1)OC1(CCCCN2CCN(c3ccc4ccccc4n3)CC2)c2ccccc2-c2ccccc21. The van der Waals surface area contributed by atoms with Gasteiger partial charge in [-0.3, -0.25) is 4.90 Å². The predicted octanol–water partition coefficient (Wildman–Crippen LogP) is 7.66. The Morgan fingerprint density at radius 1 is 0.783 bits per heavy atom. The molecule has 5 aromatic rings. The first-order valence-corrected chi connectivity index (χ1v) is 15.9. The summed E-state index contributed by atoms with van der Waals surface area (Å²) in [6, 6.07) is 32.2. The van der Waals surface area contributed by atoms with Crippen LogP contribution in [0.2, 0.25) is 0 Å². The number of piperazine rings is 1. The first-order valence-electron chi connectivity index (χ1n) is 15.9. The number of rotatable bonds is 9. The van der Waals surface area contributed by atoms with Crippen molar-refractivity contribution in [2.45, 2.75) is 31.4 Å². The molecule has 1 N–H and O–H groups in total. The van der Waals surface area contributed by atoms with Crippen LogP contribution in [0.5, 0.6) is 0 Å². The number of nitrogens with one attached hydrogen (secondary N) is 1. The number of unbranched alkanes of at least 4 members (excludes halogenated alkanes) is 1. The third-order valence-electron chi connectivity index (χ3n) is 9.24. The van der Waals surface area contributed by atoms with Gasteiger partial charge in [0.25, 0.3) is 0 Å². The van der Waals surface area contributed by atoms with Crippen molar-refractivity contribution in [2.75, 3.05) is 37.6 Å². The van der Waals surface area contributed by atoms with Crippen LogP contribution in [0.4, 0.5) is 19.4 Å². The summed E-state index contributed by atoms with van der Waals surface area (Å²) in [5.74, 6) is -0.846. The molecular weight excluding hydrogens is 582 g/mol. The first-order chi connectivity index (χ1) is 22.5.